The molecule has 3 aromatic rings. The molecule has 0 amide bonds. The highest BCUT2D eigenvalue weighted by atomic mass is 35.5. The molecule has 4 nitrogen and oxygen atoms in total. The second kappa shape index (κ2) is 4.07. The second-order valence-corrected chi connectivity index (χ2v) is 4.63. The van der Waals surface area contributed by atoms with E-state index in [2.05, 4.69) is 20.2 Å². The Bertz CT molecular complexity index is 733. The number of nitrogens with zero attached hydrogens (tertiary/aromatic N) is 3. The lowest BCUT2D eigenvalue weighted by Gasteiger charge is -2.03. The quantitative estimate of drug-likeness (QED) is 0.729. The molecule has 5 heteroatoms. The van der Waals surface area contributed by atoms with Crippen LogP contribution in [0.15, 0.2) is 24.3 Å². The SMILES string of the molecule is Cc1nc(-c2cccc(Cl)c2)nc2n[nH]c(C)c12. The van der Waals surface area contributed by atoms with Crippen LogP contribution in [0.2, 0.25) is 5.02 Å². The first-order chi connectivity index (χ1) is 8.65. The number of aromatic nitrogens is 4. The van der Waals surface area contributed by atoms with Crippen molar-refractivity contribution >= 4 is 22.6 Å². The molecule has 0 aliphatic carbocycles. The Morgan fingerprint density at radius 2 is 2.00 bits per heavy atom. The molecule has 0 saturated heterocycles. The molecule has 90 valence electrons. The summed E-state index contributed by atoms with van der Waals surface area (Å²) >= 11 is 5.98. The first kappa shape index (κ1) is 11.2. The molecule has 18 heavy (non-hydrogen) atoms. The number of hydrogen-bond donors (Lipinski definition) is 1. The van der Waals surface area contributed by atoms with Gasteiger partial charge in [-0.3, -0.25) is 5.10 Å². The number of benzene rings is 1. The Hall–Kier alpha value is -1.94. The Balaban J connectivity index is 2.25. The van der Waals surface area contributed by atoms with Gasteiger partial charge in [0.15, 0.2) is 11.5 Å². The summed E-state index contributed by atoms with van der Waals surface area (Å²) < 4.78 is 0. The fraction of sp³-hybridized carbons (Fsp3) is 0.154. The minimum absolute atomic E-state index is 0.647. The largest absolute Gasteiger partial charge is 0.280 e. The molecule has 2 heterocycles. The molecule has 0 aliphatic rings. The maximum Gasteiger partial charge on any atom is 0.185 e. The summed E-state index contributed by atoms with van der Waals surface area (Å²) in [5, 5.41) is 8.77. The molecule has 0 bridgehead atoms. The van der Waals surface area contributed by atoms with Crippen LogP contribution < -0.4 is 0 Å². The summed E-state index contributed by atoms with van der Waals surface area (Å²) in [6.07, 6.45) is 0. The summed E-state index contributed by atoms with van der Waals surface area (Å²) in [7, 11) is 0. The van der Waals surface area contributed by atoms with Crippen LogP contribution in [-0.2, 0) is 0 Å². The molecule has 3 rings (SSSR count). The highest BCUT2D eigenvalue weighted by Gasteiger charge is 2.11. The Labute approximate surface area is 109 Å². The van der Waals surface area contributed by atoms with Crippen molar-refractivity contribution in [2.24, 2.45) is 0 Å². The van der Waals surface area contributed by atoms with Crippen LogP contribution in [0.1, 0.15) is 11.4 Å². The summed E-state index contributed by atoms with van der Waals surface area (Å²) in [6, 6.07) is 7.50. The third-order valence-electron chi connectivity index (χ3n) is 2.86. The van der Waals surface area contributed by atoms with E-state index in [9.17, 15) is 0 Å². The zero-order valence-electron chi connectivity index (χ0n) is 10.0. The first-order valence-electron chi connectivity index (χ1n) is 5.60. The molecule has 0 saturated carbocycles. The molecule has 2 aromatic heterocycles. The van der Waals surface area contributed by atoms with Crippen LogP contribution in [-0.4, -0.2) is 20.2 Å². The van der Waals surface area contributed by atoms with Gasteiger partial charge in [-0.25, -0.2) is 9.97 Å². The lowest BCUT2D eigenvalue weighted by Crippen LogP contribution is -1.93. The van der Waals surface area contributed by atoms with Gasteiger partial charge in [0.25, 0.3) is 0 Å². The number of fused-ring (bicyclic) bond motifs is 1. The molecular weight excluding hydrogens is 248 g/mol. The monoisotopic (exact) mass is 258 g/mol. The predicted octanol–water partition coefficient (Wildman–Crippen LogP) is 3.29. The van der Waals surface area contributed by atoms with Crippen molar-refractivity contribution in [3.8, 4) is 11.4 Å². The van der Waals surface area contributed by atoms with Crippen LogP contribution in [0.4, 0.5) is 0 Å². The molecule has 0 unspecified atom stereocenters. The first-order valence-corrected chi connectivity index (χ1v) is 5.98. The lowest BCUT2D eigenvalue weighted by atomic mass is 10.2. The number of aryl methyl sites for hydroxylation is 2. The van der Waals surface area contributed by atoms with Crippen LogP contribution >= 0.6 is 11.6 Å². The third-order valence-corrected chi connectivity index (χ3v) is 3.09. The van der Waals surface area contributed by atoms with E-state index < -0.39 is 0 Å². The van der Waals surface area contributed by atoms with Gasteiger partial charge in [0.05, 0.1) is 11.1 Å². The lowest BCUT2D eigenvalue weighted by molar-refractivity contribution is 1.05. The molecule has 0 spiro atoms. The van der Waals surface area contributed by atoms with Gasteiger partial charge in [-0.15, -0.1) is 0 Å². The fourth-order valence-electron chi connectivity index (χ4n) is 2.03. The van der Waals surface area contributed by atoms with Crippen LogP contribution in [0.5, 0.6) is 0 Å². The van der Waals surface area contributed by atoms with Crippen molar-refractivity contribution in [1.82, 2.24) is 20.2 Å². The van der Waals surface area contributed by atoms with Crippen molar-refractivity contribution < 1.29 is 0 Å². The standard InChI is InChI=1S/C13H11ClN4/c1-7-11-8(2)17-18-13(11)16-12(15-7)9-4-3-5-10(14)6-9/h3-6H,1-2H3,(H,15,16,17,18). The Kier molecular flexibility index (Phi) is 2.52. The third kappa shape index (κ3) is 1.75. The maximum absolute atomic E-state index is 5.98. The van der Waals surface area contributed by atoms with Crippen molar-refractivity contribution in [2.45, 2.75) is 13.8 Å². The predicted molar refractivity (Wildman–Crippen MR) is 71.6 cm³/mol. The van der Waals surface area contributed by atoms with E-state index in [-0.39, 0.29) is 0 Å². The average Bonchev–Trinajstić information content (AvgIpc) is 2.71. The summed E-state index contributed by atoms with van der Waals surface area (Å²) in [5.41, 5.74) is 3.49. The number of nitrogens with one attached hydrogen (secondary N) is 1. The fourth-order valence-corrected chi connectivity index (χ4v) is 2.22. The Morgan fingerprint density at radius 1 is 1.17 bits per heavy atom. The number of halogens is 1. The number of hydrogen-bond acceptors (Lipinski definition) is 3. The zero-order valence-corrected chi connectivity index (χ0v) is 10.8. The minimum atomic E-state index is 0.647. The van der Waals surface area contributed by atoms with Gasteiger partial charge in [0, 0.05) is 16.3 Å². The smallest absolute Gasteiger partial charge is 0.185 e. The number of H-pyrrole nitrogens is 1. The average molecular weight is 259 g/mol. The summed E-state index contributed by atoms with van der Waals surface area (Å²) in [5.74, 6) is 0.647. The number of rotatable bonds is 1. The van der Waals surface area contributed by atoms with E-state index in [0.717, 1.165) is 22.3 Å². The van der Waals surface area contributed by atoms with Crippen LogP contribution in [0, 0.1) is 13.8 Å². The van der Waals surface area contributed by atoms with Crippen molar-refractivity contribution in [3.63, 3.8) is 0 Å². The Morgan fingerprint density at radius 3 is 2.78 bits per heavy atom. The van der Waals surface area contributed by atoms with Crippen LogP contribution in [0.3, 0.4) is 0 Å². The van der Waals surface area contributed by atoms with E-state index in [1.54, 1.807) is 0 Å². The highest BCUT2D eigenvalue weighted by molar-refractivity contribution is 6.30. The maximum atomic E-state index is 5.98. The van der Waals surface area contributed by atoms with E-state index in [1.165, 1.54) is 0 Å². The van der Waals surface area contributed by atoms with E-state index in [4.69, 9.17) is 11.6 Å². The van der Waals surface area contributed by atoms with Crippen molar-refractivity contribution in [1.29, 1.82) is 0 Å². The van der Waals surface area contributed by atoms with Gasteiger partial charge in [-0.1, -0.05) is 23.7 Å². The molecule has 0 atom stereocenters. The van der Waals surface area contributed by atoms with E-state index in [0.29, 0.717) is 16.5 Å². The van der Waals surface area contributed by atoms with Crippen molar-refractivity contribution in [3.05, 3.63) is 40.7 Å². The van der Waals surface area contributed by atoms with E-state index >= 15 is 0 Å². The van der Waals surface area contributed by atoms with Gasteiger partial charge in [-0.05, 0) is 26.0 Å². The van der Waals surface area contributed by atoms with Crippen LogP contribution in [0.25, 0.3) is 22.4 Å². The molecule has 1 N–H and O–H groups in total. The minimum Gasteiger partial charge on any atom is -0.280 e. The summed E-state index contributed by atoms with van der Waals surface area (Å²) in [4.78, 5) is 8.97. The second-order valence-electron chi connectivity index (χ2n) is 4.19. The number of aromatic amines is 1. The van der Waals surface area contributed by atoms with E-state index in [1.807, 2.05) is 38.1 Å². The van der Waals surface area contributed by atoms with Crippen molar-refractivity contribution in [2.75, 3.05) is 0 Å². The van der Waals surface area contributed by atoms with Gasteiger partial charge in [0.1, 0.15) is 0 Å². The van der Waals surface area contributed by atoms with Gasteiger partial charge in [0.2, 0.25) is 0 Å². The molecule has 1 aromatic carbocycles. The van der Waals surface area contributed by atoms with Gasteiger partial charge >= 0.3 is 0 Å². The van der Waals surface area contributed by atoms with Gasteiger partial charge < -0.3 is 0 Å². The zero-order chi connectivity index (χ0) is 12.7. The molecule has 0 fully saturated rings. The highest BCUT2D eigenvalue weighted by Crippen LogP contribution is 2.23. The summed E-state index contributed by atoms with van der Waals surface area (Å²) in [6.45, 7) is 3.92. The molecule has 0 aliphatic heterocycles. The topological polar surface area (TPSA) is 54.5 Å². The molecule has 0 radical (unpaired) electrons. The van der Waals surface area contributed by atoms with Gasteiger partial charge in [-0.2, -0.15) is 5.10 Å². The normalized spacial score (nSPS) is 11.1. The molecular formula is C13H11ClN4.